The first kappa shape index (κ1) is 46.3. The molecule has 1 aromatic heterocycles. The average Bonchev–Trinajstić information content (AvgIpc) is 3.95. The second-order valence-corrected chi connectivity index (χ2v) is 19.3. The Labute approximate surface area is 357 Å². The number of aromatic nitrogens is 2. The van der Waals surface area contributed by atoms with Gasteiger partial charge in [0.15, 0.2) is 5.78 Å². The summed E-state index contributed by atoms with van der Waals surface area (Å²) < 4.78 is 44.9. The predicted octanol–water partition coefficient (Wildman–Crippen LogP) is 11.0. The molecular formula is C47H59F2N5O7. The SMILES string of the molecule is CC(=O)c1ccc(N2C[C@@H](CC(C)(C)C)OC2=O)cc1.CC(C)(C)C[C@@H]1CN(c2ccc(-n3ccnc3)c(F)c2)C(=O)O1.CC(C)(C)C[C@@H]1CN(c2ccc(F)cc2)C(=O)O1. The average molecular weight is 844 g/mol. The molecule has 0 saturated carbocycles. The molecule has 0 N–H and O–H groups in total. The van der Waals surface area contributed by atoms with Crippen LogP contribution in [-0.2, 0) is 14.2 Å². The van der Waals surface area contributed by atoms with Crippen molar-refractivity contribution in [3.05, 3.63) is 103 Å². The first-order valence-corrected chi connectivity index (χ1v) is 20.5. The quantitative estimate of drug-likeness (QED) is 0.127. The number of hydrogen-bond donors (Lipinski definition) is 0. The van der Waals surface area contributed by atoms with E-state index in [1.807, 2.05) is 0 Å². The highest BCUT2D eigenvalue weighted by Gasteiger charge is 2.37. The number of imidazole rings is 1. The third kappa shape index (κ3) is 13.3. The zero-order valence-electron chi connectivity index (χ0n) is 36.9. The molecular weight excluding hydrogens is 785 g/mol. The van der Waals surface area contributed by atoms with Crippen LogP contribution in [-0.4, -0.2) is 71.6 Å². The number of hydrogen-bond acceptors (Lipinski definition) is 8. The summed E-state index contributed by atoms with van der Waals surface area (Å²) in [6.45, 7) is 22.1. The number of ether oxygens (including phenoxy) is 3. The molecule has 4 heterocycles. The Morgan fingerprint density at radius 1 is 0.623 bits per heavy atom. The van der Waals surface area contributed by atoms with E-state index >= 15 is 0 Å². The number of benzene rings is 3. The van der Waals surface area contributed by atoms with Crippen LogP contribution in [0, 0.1) is 27.9 Å². The van der Waals surface area contributed by atoms with E-state index in [9.17, 15) is 28.0 Å². The van der Waals surface area contributed by atoms with Crippen molar-refractivity contribution in [2.75, 3.05) is 34.3 Å². The van der Waals surface area contributed by atoms with Crippen molar-refractivity contribution >= 4 is 41.1 Å². The Hall–Kier alpha value is -5.79. The van der Waals surface area contributed by atoms with E-state index < -0.39 is 11.9 Å². The molecule has 0 radical (unpaired) electrons. The highest BCUT2D eigenvalue weighted by atomic mass is 19.1. The van der Waals surface area contributed by atoms with Gasteiger partial charge in [-0.05, 0) is 109 Å². The smallest absolute Gasteiger partial charge is 0.414 e. The molecule has 12 nitrogen and oxygen atoms in total. The van der Waals surface area contributed by atoms with Crippen LogP contribution in [0.1, 0.15) is 98.9 Å². The summed E-state index contributed by atoms with van der Waals surface area (Å²) in [7, 11) is 0. The lowest BCUT2D eigenvalue weighted by Gasteiger charge is -2.21. The maximum absolute atomic E-state index is 14.3. The third-order valence-electron chi connectivity index (χ3n) is 9.89. The molecule has 0 spiro atoms. The van der Waals surface area contributed by atoms with E-state index in [-0.39, 0.29) is 58.3 Å². The second-order valence-electron chi connectivity index (χ2n) is 19.3. The normalized spacial score (nSPS) is 19.1. The number of Topliss-reactive ketones (excluding diaryl/α,β-unsaturated/α-hetero) is 1. The monoisotopic (exact) mass is 843 g/mol. The van der Waals surface area contributed by atoms with E-state index in [1.165, 1.54) is 36.4 Å². The van der Waals surface area contributed by atoms with Crippen LogP contribution in [0.25, 0.3) is 5.69 Å². The van der Waals surface area contributed by atoms with Crippen molar-refractivity contribution in [3.8, 4) is 5.69 Å². The lowest BCUT2D eigenvalue weighted by atomic mass is 9.89. The zero-order valence-corrected chi connectivity index (χ0v) is 36.9. The van der Waals surface area contributed by atoms with E-state index in [0.29, 0.717) is 42.3 Å². The Kier molecular flexibility index (Phi) is 14.3. The maximum Gasteiger partial charge on any atom is 0.414 e. The molecule has 14 heteroatoms. The molecule has 3 aliphatic rings. The summed E-state index contributed by atoms with van der Waals surface area (Å²) in [4.78, 5) is 55.6. The fraction of sp³-hybridized carbons (Fsp3) is 0.468. The summed E-state index contributed by atoms with van der Waals surface area (Å²) in [5, 5.41) is 0. The third-order valence-corrected chi connectivity index (χ3v) is 9.89. The number of nitrogens with zero attached hydrogens (tertiary/aromatic N) is 5. The van der Waals surface area contributed by atoms with Gasteiger partial charge < -0.3 is 18.8 Å². The summed E-state index contributed by atoms with van der Waals surface area (Å²) in [5.41, 5.74) is 3.31. The summed E-state index contributed by atoms with van der Waals surface area (Å²) >= 11 is 0. The van der Waals surface area contributed by atoms with Gasteiger partial charge in [-0.25, -0.2) is 28.1 Å². The molecule has 0 aliphatic carbocycles. The van der Waals surface area contributed by atoms with Gasteiger partial charge in [0.1, 0.15) is 29.9 Å². The molecule has 61 heavy (non-hydrogen) atoms. The Morgan fingerprint density at radius 2 is 1.02 bits per heavy atom. The van der Waals surface area contributed by atoms with Crippen LogP contribution >= 0.6 is 0 Å². The highest BCUT2D eigenvalue weighted by molar-refractivity contribution is 5.95. The van der Waals surface area contributed by atoms with Crippen LogP contribution in [0.2, 0.25) is 0 Å². The van der Waals surface area contributed by atoms with Gasteiger partial charge >= 0.3 is 18.3 Å². The Balaban J connectivity index is 0.000000175. The lowest BCUT2D eigenvalue weighted by molar-refractivity contribution is 0.101. The van der Waals surface area contributed by atoms with Crippen molar-refractivity contribution in [1.82, 2.24) is 9.55 Å². The van der Waals surface area contributed by atoms with Crippen molar-refractivity contribution in [2.24, 2.45) is 16.2 Å². The van der Waals surface area contributed by atoms with Crippen molar-refractivity contribution in [2.45, 2.75) is 107 Å². The molecule has 7 rings (SSSR count). The van der Waals surface area contributed by atoms with Gasteiger partial charge in [-0.2, -0.15) is 0 Å². The van der Waals surface area contributed by atoms with E-state index in [0.717, 1.165) is 24.9 Å². The molecule has 3 aliphatic heterocycles. The van der Waals surface area contributed by atoms with Crippen LogP contribution in [0.5, 0.6) is 0 Å². The fourth-order valence-corrected chi connectivity index (χ4v) is 7.34. The number of halogens is 2. The van der Waals surface area contributed by atoms with Crippen LogP contribution in [0.3, 0.4) is 0 Å². The van der Waals surface area contributed by atoms with Gasteiger partial charge in [-0.3, -0.25) is 19.5 Å². The van der Waals surface area contributed by atoms with Crippen molar-refractivity contribution in [1.29, 1.82) is 0 Å². The number of cyclic esters (lactones) is 3. The minimum atomic E-state index is -0.422. The lowest BCUT2D eigenvalue weighted by Crippen LogP contribution is -2.26. The van der Waals surface area contributed by atoms with Crippen molar-refractivity contribution in [3.63, 3.8) is 0 Å². The Morgan fingerprint density at radius 3 is 1.38 bits per heavy atom. The largest absolute Gasteiger partial charge is 0.444 e. The first-order chi connectivity index (χ1) is 28.4. The standard InChI is InChI=1S/C17H20FN3O2.C16H21NO3.C14H18FNO2/c1-17(2,3)9-13-10-21(16(22)23-13)12-4-5-15(14(18)8-12)20-7-6-19-11-20;1-11(18)12-5-7-13(8-6-12)17-10-14(20-15(17)19)9-16(2,3)4;1-14(2,3)8-12-9-16(13(17)18-12)11-6-4-10(15)5-7-11/h4-8,11,13H,9-10H2,1-3H3;5-8,14H,9-10H2,1-4H3;4-7,12H,8-9H2,1-3H3/t13-;14-;12-/m111/s1. The van der Waals surface area contributed by atoms with Gasteiger partial charge in [0, 0.05) is 29.3 Å². The number of carbonyl (C=O) groups excluding carboxylic acids is 4. The van der Waals surface area contributed by atoms with Crippen molar-refractivity contribution < 1.29 is 42.2 Å². The van der Waals surface area contributed by atoms with E-state index in [2.05, 4.69) is 67.3 Å². The summed E-state index contributed by atoms with van der Waals surface area (Å²) in [6, 6.07) is 17.6. The number of carbonyl (C=O) groups is 4. The first-order valence-electron chi connectivity index (χ1n) is 20.5. The molecule has 4 aromatic rings. The molecule has 0 bridgehead atoms. The number of amides is 3. The van der Waals surface area contributed by atoms with Gasteiger partial charge in [0.05, 0.1) is 37.3 Å². The molecule has 0 unspecified atom stereocenters. The number of rotatable bonds is 8. The number of ketones is 1. The second kappa shape index (κ2) is 18.9. The van der Waals surface area contributed by atoms with Gasteiger partial charge in [0.2, 0.25) is 0 Å². The van der Waals surface area contributed by atoms with E-state index in [1.54, 1.807) is 75.3 Å². The minimum Gasteiger partial charge on any atom is -0.444 e. The molecule has 3 atom stereocenters. The summed E-state index contributed by atoms with van der Waals surface area (Å²) in [6.07, 6.45) is 5.78. The van der Waals surface area contributed by atoms with Gasteiger partial charge in [0.25, 0.3) is 0 Å². The van der Waals surface area contributed by atoms with E-state index in [4.69, 9.17) is 14.2 Å². The molecule has 3 saturated heterocycles. The van der Waals surface area contributed by atoms with Crippen LogP contribution in [0.15, 0.2) is 85.5 Å². The minimum absolute atomic E-state index is 0.0196. The fourth-order valence-electron chi connectivity index (χ4n) is 7.34. The molecule has 3 fully saturated rings. The van der Waals surface area contributed by atoms with Crippen LogP contribution in [0.4, 0.5) is 40.2 Å². The maximum atomic E-state index is 14.3. The summed E-state index contributed by atoms with van der Waals surface area (Å²) in [5.74, 6) is -0.698. The highest BCUT2D eigenvalue weighted by Crippen LogP contribution is 2.32. The van der Waals surface area contributed by atoms with Gasteiger partial charge in [-0.1, -0.05) is 62.3 Å². The predicted molar refractivity (Wildman–Crippen MR) is 231 cm³/mol. The Bertz CT molecular complexity index is 2140. The zero-order chi connectivity index (χ0) is 44.9. The molecule has 3 aromatic carbocycles. The molecule has 3 amide bonds. The topological polar surface area (TPSA) is 124 Å². The number of anilines is 3. The van der Waals surface area contributed by atoms with Gasteiger partial charge in [-0.15, -0.1) is 0 Å². The van der Waals surface area contributed by atoms with Crippen LogP contribution < -0.4 is 14.7 Å². The molecule has 328 valence electrons.